The molecular weight excluding hydrogens is 1810 g/mol. The number of hydrogen-bond acceptors (Lipinski definition) is 36. The normalized spacial score (nSPS) is 12.9. The maximum Gasteiger partial charge on any atom is 0.271 e. The highest BCUT2D eigenvalue weighted by atomic mass is 16.7. The van der Waals surface area contributed by atoms with Crippen LogP contribution in [0.5, 0.6) is 0 Å². The summed E-state index contributed by atoms with van der Waals surface area (Å²) < 4.78 is 130. The van der Waals surface area contributed by atoms with E-state index >= 15 is 0 Å². The lowest BCUT2D eigenvalue weighted by atomic mass is 10.2. The molecule has 0 aromatic rings. The summed E-state index contributed by atoms with van der Waals surface area (Å²) in [6.45, 7) is 46.5. The molecule has 0 fully saturated rings. The highest BCUT2D eigenvalue weighted by Crippen LogP contribution is 2.09. The van der Waals surface area contributed by atoms with Gasteiger partial charge in [0.2, 0.25) is 0 Å². The lowest BCUT2D eigenvalue weighted by Crippen LogP contribution is -2.32. The van der Waals surface area contributed by atoms with Crippen molar-refractivity contribution in [2.24, 2.45) is 5.92 Å². The minimum Gasteiger partial charge on any atom is -0.463 e. The van der Waals surface area contributed by atoms with Crippen molar-refractivity contribution in [3.63, 3.8) is 0 Å². The van der Waals surface area contributed by atoms with E-state index in [0.717, 1.165) is 19.4 Å². The quantitative estimate of drug-likeness (QED) is 0.0199. The molecular formula is C103H262O36. The van der Waals surface area contributed by atoms with Gasteiger partial charge >= 0.3 is 0 Å². The molecule has 0 bridgehead atoms. The molecule has 0 saturated heterocycles. The van der Waals surface area contributed by atoms with Gasteiger partial charge in [0.25, 0.3) is 11.9 Å². The van der Waals surface area contributed by atoms with Gasteiger partial charge in [0.05, 0.1) is 285 Å². The van der Waals surface area contributed by atoms with Crippen LogP contribution in [0.4, 0.5) is 0 Å². The minimum atomic E-state index is -0.617. The summed E-state index contributed by atoms with van der Waals surface area (Å²) in [7, 11) is 0. The summed E-state index contributed by atoms with van der Waals surface area (Å²) in [5.74, 6) is 0.658. The first-order valence-electron chi connectivity index (χ1n) is 40.0. The minimum absolute atomic E-state index is 0. The highest BCUT2D eigenvalue weighted by molar-refractivity contribution is 4.73. The average Bonchev–Trinajstić information content (AvgIpc) is 0.976. The smallest absolute Gasteiger partial charge is 0.271 e. The second kappa shape index (κ2) is 169. The van der Waals surface area contributed by atoms with Gasteiger partial charge < -0.3 is 175 Å². The van der Waals surface area contributed by atoms with E-state index in [1.54, 1.807) is 55.4 Å². The van der Waals surface area contributed by atoms with Crippen molar-refractivity contribution < 1.29 is 175 Å². The van der Waals surface area contributed by atoms with Gasteiger partial charge in [0.15, 0.2) is 0 Å². The highest BCUT2D eigenvalue weighted by Gasteiger charge is 2.19. The van der Waals surface area contributed by atoms with Crippen LogP contribution in [0.25, 0.3) is 0 Å². The molecule has 0 heterocycles. The second-order valence-corrected chi connectivity index (χ2v) is 27.3. The Kier molecular flexibility index (Phi) is 268. The van der Waals surface area contributed by atoms with Crippen LogP contribution in [0.1, 0.15) is 302 Å². The van der Waals surface area contributed by atoms with E-state index in [1.165, 1.54) is 0 Å². The summed E-state index contributed by atoms with van der Waals surface area (Å²) in [5.41, 5.74) is 0. The third-order valence-corrected chi connectivity index (χ3v) is 12.9. The average molecular weight is 2080 g/mol. The van der Waals surface area contributed by atoms with Gasteiger partial charge in [0, 0.05) is 19.8 Å². The third kappa shape index (κ3) is 194. The van der Waals surface area contributed by atoms with E-state index in [1.807, 2.05) is 27.7 Å². The summed E-state index contributed by atoms with van der Waals surface area (Å²) in [6, 6.07) is 0. The lowest BCUT2D eigenvalue weighted by molar-refractivity contribution is -0.110. The van der Waals surface area contributed by atoms with Crippen molar-refractivity contribution in [2.75, 3.05) is 264 Å². The van der Waals surface area contributed by atoms with Gasteiger partial charge in [-0.05, 0) is 108 Å². The number of aliphatic hydroxyl groups is 12. The second-order valence-electron chi connectivity index (χ2n) is 27.3. The van der Waals surface area contributed by atoms with E-state index in [2.05, 4.69) is 33.9 Å². The van der Waals surface area contributed by atoms with Crippen molar-refractivity contribution in [2.45, 2.75) is 400 Å². The molecule has 12 N–H and O–H groups in total. The molecule has 36 heteroatoms. The first-order chi connectivity index (χ1) is 54.4. The van der Waals surface area contributed by atoms with Crippen molar-refractivity contribution in [1.29, 1.82) is 0 Å². The van der Waals surface area contributed by atoms with Crippen molar-refractivity contribution in [3.05, 3.63) is 25.0 Å². The third-order valence-electron chi connectivity index (χ3n) is 12.9. The molecule has 36 nitrogen and oxygen atoms in total. The Morgan fingerprint density at radius 2 is 0.374 bits per heavy atom. The molecule has 0 aromatic carbocycles. The molecule has 0 aromatic heterocycles. The van der Waals surface area contributed by atoms with Crippen LogP contribution in [0.2, 0.25) is 0 Å². The molecule has 0 aliphatic carbocycles. The van der Waals surface area contributed by atoms with Crippen LogP contribution in [0.15, 0.2) is 25.0 Å². The fourth-order valence-electron chi connectivity index (χ4n) is 7.74. The lowest BCUT2D eigenvalue weighted by Gasteiger charge is -2.22. The van der Waals surface area contributed by atoms with Crippen LogP contribution >= 0.6 is 0 Å². The fourth-order valence-corrected chi connectivity index (χ4v) is 7.74. The molecule has 0 saturated carbocycles. The van der Waals surface area contributed by atoms with Gasteiger partial charge in [-0.1, -0.05) is 213 Å². The van der Waals surface area contributed by atoms with Crippen LogP contribution < -0.4 is 0 Å². The maximum absolute atomic E-state index is 9.18. The zero-order valence-electron chi connectivity index (χ0n) is 72.1. The van der Waals surface area contributed by atoms with E-state index in [-0.39, 0.29) is 365 Å². The summed E-state index contributed by atoms with van der Waals surface area (Å²) in [6.07, 6.45) is -3.95. The first-order valence-corrected chi connectivity index (χ1v) is 40.0. The Hall–Kier alpha value is -2.60. The van der Waals surface area contributed by atoms with Gasteiger partial charge in [-0.15, -0.1) is 0 Å². The van der Waals surface area contributed by atoms with Gasteiger partial charge in [-0.3, -0.25) is 0 Å². The van der Waals surface area contributed by atoms with E-state index in [0.29, 0.717) is 145 Å². The zero-order chi connectivity index (χ0) is 86.6. The number of rotatable bonds is 80. The number of ether oxygens (including phenoxy) is 24. The van der Waals surface area contributed by atoms with Crippen LogP contribution in [0.3, 0.4) is 0 Å². The molecule has 139 heavy (non-hydrogen) atoms. The molecule has 0 aliphatic rings. The molecule has 16 unspecified atom stereocenters. The molecule has 0 amide bonds. The van der Waals surface area contributed by atoms with E-state index in [4.69, 9.17) is 160 Å². The zero-order valence-corrected chi connectivity index (χ0v) is 72.1. The number of aliphatic hydroxyl groups excluding tert-OH is 12. The fraction of sp³-hybridized carbons (Fsp3) is 0.961. The van der Waals surface area contributed by atoms with Gasteiger partial charge in [-0.2, -0.15) is 0 Å². The summed E-state index contributed by atoms with van der Waals surface area (Å²) >= 11 is 0. The SMILES string of the molecule is C.C.C.C.C.C.C.C.C.C.C.C.C.C.C.C.C.C.C.C.C.C.C.C.C.C=C(OCC(C)O)OCC(COCCOCC(C)O)OCCOCC(C)O.C=C(OCC(C)O)OCC(COCCOCC(C)O)OCCOCC(C)O.CC(C)COCC(COCC(C)O)OCC(C)O.CCCOC(C)COCC(COCC(C)OCCO)OCC(C)OCCO.CCCOCC(COCCO)OCCO. The molecule has 16 atom stereocenters. The Balaban J connectivity index is -0.0000000370. The van der Waals surface area contributed by atoms with E-state index in [9.17, 15) is 15.3 Å². The monoisotopic (exact) mass is 2080 g/mol. The van der Waals surface area contributed by atoms with Crippen LogP contribution in [-0.2, 0) is 114 Å². The largest absolute Gasteiger partial charge is 0.463 e. The standard InChI is InChI=1S/C19H40O8.2C18H36O9.C13H28O5.C10H22O5.25CH4/c1-5-8-24-16(2)11-22-14-19(27-13-18(4)26-10-7-21)15-23-12-17(3)25-9-6-20;2*1-14(19)9-22-5-6-24-12-18(25-8-7-23-10-15(2)20)13-27-17(4)26-11-16(3)21;1-10(2)5-16-8-13(18-7-12(4)15)9-17-6-11(3)14;1-2-5-13-8-10(15-7-4-12)9-14-6-3-11;;;;;;;;;;;;;;;;;;;;;;;;;/h16-21H,5-15H2,1-4H3;2*14-16,18-21H,4-13H2,1-3H3;10-15H,5-9H2,1-4H3;10-12H,2-9H2,1H3;25*1H4. The van der Waals surface area contributed by atoms with Crippen molar-refractivity contribution in [3.8, 4) is 0 Å². The summed E-state index contributed by atoms with van der Waals surface area (Å²) in [4.78, 5) is 0. The molecule has 0 aliphatic heterocycles. The van der Waals surface area contributed by atoms with Crippen LogP contribution in [-0.4, -0.2) is 423 Å². The Bertz CT molecular complexity index is 1790. The number of hydrogen-bond donors (Lipinski definition) is 12. The van der Waals surface area contributed by atoms with Crippen LogP contribution in [0, 0.1) is 5.92 Å². The van der Waals surface area contributed by atoms with E-state index < -0.39 is 48.8 Å². The molecule has 0 rings (SSSR count). The molecule has 0 radical (unpaired) electrons. The van der Waals surface area contributed by atoms with Gasteiger partial charge in [0.1, 0.15) is 56.9 Å². The molecule has 890 valence electrons. The van der Waals surface area contributed by atoms with Crippen molar-refractivity contribution in [1.82, 2.24) is 0 Å². The Morgan fingerprint density at radius 1 is 0.180 bits per heavy atom. The first kappa shape index (κ1) is 221. The predicted octanol–water partition coefficient (Wildman–Crippen LogP) is 17.7. The Morgan fingerprint density at radius 3 is 0.655 bits per heavy atom. The summed E-state index contributed by atoms with van der Waals surface area (Å²) in [5, 5.41) is 108. The molecule has 0 spiro atoms. The maximum atomic E-state index is 9.18. The van der Waals surface area contributed by atoms with Crippen molar-refractivity contribution >= 4 is 0 Å². The topological polar surface area (TPSA) is 464 Å². The Labute approximate surface area is 866 Å². The predicted molar refractivity (Wildman–Crippen MR) is 592 cm³/mol. The van der Waals surface area contributed by atoms with Gasteiger partial charge in [-0.25, -0.2) is 0 Å².